The number of carbonyl (C=O) groups excluding carboxylic acids is 1. The number of allylic oxidation sites excluding steroid dienone is 1. The Morgan fingerprint density at radius 2 is 1.94 bits per heavy atom. The van der Waals surface area contributed by atoms with Gasteiger partial charge in [0.15, 0.2) is 5.43 Å². The Bertz CT molecular complexity index is 1340. The summed E-state index contributed by atoms with van der Waals surface area (Å²) in [6, 6.07) is 12.6. The fourth-order valence-corrected chi connectivity index (χ4v) is 5.24. The van der Waals surface area contributed by atoms with E-state index in [1.807, 2.05) is 36.1 Å². The van der Waals surface area contributed by atoms with E-state index in [0.717, 1.165) is 17.0 Å². The molecule has 3 heterocycles. The topological polar surface area (TPSA) is 51.5 Å². The Kier molecular flexibility index (Phi) is 4.83. The van der Waals surface area contributed by atoms with Crippen LogP contribution in [-0.2, 0) is 16.1 Å². The summed E-state index contributed by atoms with van der Waals surface area (Å²) in [5.74, 6) is -0.240. The first-order valence-corrected chi connectivity index (χ1v) is 11.0. The van der Waals surface area contributed by atoms with Crippen LogP contribution in [0, 0.1) is 0 Å². The molecule has 0 fully saturated rings. The minimum Gasteiger partial charge on any atom is -0.463 e. The molecular weight excluding hydrogens is 435 g/mol. The predicted molar refractivity (Wildman–Crippen MR) is 123 cm³/mol. The van der Waals surface area contributed by atoms with E-state index in [-0.39, 0.29) is 12.0 Å². The number of hydrogen-bond donors (Lipinski definition) is 0. The third kappa shape index (κ3) is 2.91. The van der Waals surface area contributed by atoms with Gasteiger partial charge < -0.3 is 14.2 Å². The molecule has 0 amide bonds. The number of fused-ring (bicyclic) bond motifs is 2. The lowest BCUT2D eigenvalue weighted by Crippen LogP contribution is -2.35. The average molecular weight is 455 g/mol. The van der Waals surface area contributed by atoms with Gasteiger partial charge in [-0.05, 0) is 43.7 Å². The molecule has 0 bridgehead atoms. The van der Waals surface area contributed by atoms with Crippen LogP contribution in [0.25, 0.3) is 10.9 Å². The maximum absolute atomic E-state index is 13.8. The summed E-state index contributed by atoms with van der Waals surface area (Å²) in [5, 5.41) is 1.65. The molecule has 1 atom stereocenters. The first-order valence-electron chi connectivity index (χ1n) is 10.2. The van der Waals surface area contributed by atoms with Crippen LogP contribution in [0.15, 0.2) is 58.5 Å². The zero-order chi connectivity index (χ0) is 21.9. The van der Waals surface area contributed by atoms with E-state index in [0.29, 0.717) is 45.2 Å². The molecule has 7 heteroatoms. The van der Waals surface area contributed by atoms with Crippen molar-refractivity contribution in [3.63, 3.8) is 0 Å². The van der Waals surface area contributed by atoms with Crippen molar-refractivity contribution >= 4 is 45.9 Å². The number of aromatic nitrogens is 1. The molecule has 2 aliphatic rings. The number of carbonyl (C=O) groups is 1. The molecule has 0 radical (unpaired) electrons. The molecule has 2 aromatic carbocycles. The highest BCUT2D eigenvalue weighted by molar-refractivity contribution is 6.31. The molecule has 0 aliphatic carbocycles. The maximum Gasteiger partial charge on any atom is 0.336 e. The van der Waals surface area contributed by atoms with Crippen molar-refractivity contribution in [2.75, 3.05) is 18.1 Å². The fraction of sp³-hybridized carbons (Fsp3) is 0.250. The van der Waals surface area contributed by atoms with Crippen molar-refractivity contribution in [1.29, 1.82) is 0 Å². The lowest BCUT2D eigenvalue weighted by atomic mass is 9.80. The lowest BCUT2D eigenvalue weighted by molar-refractivity contribution is -0.138. The molecule has 31 heavy (non-hydrogen) atoms. The van der Waals surface area contributed by atoms with Crippen molar-refractivity contribution in [3.8, 4) is 0 Å². The Morgan fingerprint density at radius 3 is 2.68 bits per heavy atom. The molecule has 0 spiro atoms. The van der Waals surface area contributed by atoms with Crippen molar-refractivity contribution in [2.45, 2.75) is 26.3 Å². The zero-order valence-corrected chi connectivity index (χ0v) is 18.6. The van der Waals surface area contributed by atoms with Gasteiger partial charge in [0.2, 0.25) is 0 Å². The lowest BCUT2D eigenvalue weighted by Gasteiger charge is -2.35. The van der Waals surface area contributed by atoms with Crippen LogP contribution >= 0.6 is 23.2 Å². The van der Waals surface area contributed by atoms with E-state index >= 15 is 0 Å². The van der Waals surface area contributed by atoms with Crippen molar-refractivity contribution in [2.24, 2.45) is 0 Å². The van der Waals surface area contributed by atoms with E-state index in [4.69, 9.17) is 27.9 Å². The second-order valence-corrected chi connectivity index (χ2v) is 8.55. The van der Waals surface area contributed by atoms with Crippen LogP contribution in [0.3, 0.4) is 0 Å². The molecule has 1 unspecified atom stereocenters. The minimum absolute atomic E-state index is 0.121. The fourth-order valence-electron chi connectivity index (χ4n) is 4.83. The number of benzene rings is 2. The summed E-state index contributed by atoms with van der Waals surface area (Å²) in [7, 11) is 0. The second kappa shape index (κ2) is 7.43. The van der Waals surface area contributed by atoms with Crippen LogP contribution in [0.1, 0.15) is 30.9 Å². The third-order valence-corrected chi connectivity index (χ3v) is 6.70. The van der Waals surface area contributed by atoms with Gasteiger partial charge in [0.1, 0.15) is 5.82 Å². The third-order valence-electron chi connectivity index (χ3n) is 6.12. The first kappa shape index (κ1) is 20.2. The van der Waals surface area contributed by atoms with Gasteiger partial charge in [-0.3, -0.25) is 4.79 Å². The van der Waals surface area contributed by atoms with Crippen LogP contribution in [0.2, 0.25) is 10.0 Å². The summed E-state index contributed by atoms with van der Waals surface area (Å²) in [6.07, 6.45) is 0. The highest BCUT2D eigenvalue weighted by Gasteiger charge is 2.42. The number of anilines is 1. The Morgan fingerprint density at radius 1 is 1.16 bits per heavy atom. The molecule has 5 rings (SSSR count). The number of esters is 1. The van der Waals surface area contributed by atoms with Crippen molar-refractivity contribution in [1.82, 2.24) is 4.57 Å². The molecule has 0 saturated heterocycles. The molecular formula is C24H20Cl2N2O3. The number of halogens is 2. The van der Waals surface area contributed by atoms with Gasteiger partial charge in [0, 0.05) is 34.2 Å². The highest BCUT2D eigenvalue weighted by Crippen LogP contribution is 2.48. The normalized spacial score (nSPS) is 17.3. The zero-order valence-electron chi connectivity index (χ0n) is 17.1. The van der Waals surface area contributed by atoms with E-state index in [1.54, 1.807) is 25.1 Å². The van der Waals surface area contributed by atoms with Crippen LogP contribution in [0.4, 0.5) is 5.82 Å². The van der Waals surface area contributed by atoms with Gasteiger partial charge in [-0.15, -0.1) is 0 Å². The molecule has 158 valence electrons. The van der Waals surface area contributed by atoms with Crippen LogP contribution in [-0.4, -0.2) is 23.7 Å². The Balaban J connectivity index is 1.91. The summed E-state index contributed by atoms with van der Waals surface area (Å²) >= 11 is 12.8. The quantitative estimate of drug-likeness (QED) is 0.515. The monoisotopic (exact) mass is 454 g/mol. The molecule has 5 nitrogen and oxygen atoms in total. The smallest absolute Gasteiger partial charge is 0.336 e. The van der Waals surface area contributed by atoms with Gasteiger partial charge in [-0.2, -0.15) is 0 Å². The van der Waals surface area contributed by atoms with E-state index < -0.39 is 11.9 Å². The average Bonchev–Trinajstić information content (AvgIpc) is 3.19. The molecule has 1 aromatic heterocycles. The van der Waals surface area contributed by atoms with Gasteiger partial charge in [0.25, 0.3) is 0 Å². The van der Waals surface area contributed by atoms with Gasteiger partial charge >= 0.3 is 5.97 Å². The Labute approximate surface area is 189 Å². The second-order valence-electron chi connectivity index (χ2n) is 7.71. The van der Waals surface area contributed by atoms with Gasteiger partial charge in [0.05, 0.1) is 29.2 Å². The van der Waals surface area contributed by atoms with Crippen molar-refractivity contribution < 1.29 is 9.53 Å². The minimum atomic E-state index is -0.615. The van der Waals surface area contributed by atoms with Gasteiger partial charge in [-0.25, -0.2) is 4.79 Å². The summed E-state index contributed by atoms with van der Waals surface area (Å²) in [4.78, 5) is 29.0. The van der Waals surface area contributed by atoms with Gasteiger partial charge in [-0.1, -0.05) is 41.4 Å². The van der Waals surface area contributed by atoms with E-state index in [2.05, 4.69) is 4.57 Å². The number of hydrogen-bond acceptors (Lipinski definition) is 4. The largest absolute Gasteiger partial charge is 0.463 e. The van der Waals surface area contributed by atoms with E-state index in [1.165, 1.54) is 0 Å². The van der Waals surface area contributed by atoms with Crippen molar-refractivity contribution in [3.05, 3.63) is 85.1 Å². The SMILES string of the molecule is CCOC(=O)C1=C(C)N2CCn3c2c(c(=O)c2ccc(Cl)cc23)C1c1ccccc1Cl. The molecule has 0 N–H and O–H groups in total. The maximum atomic E-state index is 13.8. The number of nitrogens with zero attached hydrogens (tertiary/aromatic N) is 2. The standard InChI is InChI=1S/C24H20Cl2N2O3/c1-3-31-24(30)19-13(2)27-10-11-28-18-12-14(25)8-9-16(18)22(29)21(23(27)28)20(19)15-6-4-5-7-17(15)26/h4-9,12,20H,3,10-11H2,1-2H3. The Hall–Kier alpha value is -2.76. The summed E-state index contributed by atoms with van der Waals surface area (Å²) < 4.78 is 7.54. The molecule has 3 aromatic rings. The number of rotatable bonds is 3. The highest BCUT2D eigenvalue weighted by atomic mass is 35.5. The van der Waals surface area contributed by atoms with E-state index in [9.17, 15) is 9.59 Å². The summed E-state index contributed by atoms with van der Waals surface area (Å²) in [5.41, 5.74) is 3.18. The number of pyridine rings is 1. The summed E-state index contributed by atoms with van der Waals surface area (Å²) in [6.45, 7) is 5.26. The first-order chi connectivity index (χ1) is 14.9. The van der Waals surface area contributed by atoms with Crippen LogP contribution in [0.5, 0.6) is 0 Å². The molecule has 0 saturated carbocycles. The molecule has 2 aliphatic heterocycles. The number of ether oxygens (including phenoxy) is 1. The predicted octanol–water partition coefficient (Wildman–Crippen LogP) is 5.11. The van der Waals surface area contributed by atoms with Crippen LogP contribution < -0.4 is 10.3 Å².